The summed E-state index contributed by atoms with van der Waals surface area (Å²) in [5, 5.41) is 2.85. The molecule has 0 bridgehead atoms. The van der Waals surface area contributed by atoms with Gasteiger partial charge in [-0.1, -0.05) is 13.8 Å². The smallest absolute Gasteiger partial charge is 0.355 e. The summed E-state index contributed by atoms with van der Waals surface area (Å²) in [7, 11) is 1.76. The minimum atomic E-state index is -0.845. The monoisotopic (exact) mass is 320 g/mol. The zero-order valence-corrected chi connectivity index (χ0v) is 14.5. The van der Waals surface area contributed by atoms with Crippen molar-refractivity contribution < 1.29 is 18.7 Å². The Bertz CT molecular complexity index is 719. The zero-order valence-electron chi connectivity index (χ0n) is 14.5. The Kier molecular flexibility index (Phi) is 4.54. The van der Waals surface area contributed by atoms with Crippen molar-refractivity contribution in [3.63, 3.8) is 0 Å². The van der Waals surface area contributed by atoms with Crippen molar-refractivity contribution in [1.82, 2.24) is 9.88 Å². The van der Waals surface area contributed by atoms with Gasteiger partial charge in [-0.15, -0.1) is 0 Å². The van der Waals surface area contributed by atoms with E-state index < -0.39 is 12.1 Å². The molecule has 23 heavy (non-hydrogen) atoms. The predicted molar refractivity (Wildman–Crippen MR) is 87.1 cm³/mol. The second-order valence-corrected chi connectivity index (χ2v) is 7.07. The minimum absolute atomic E-state index is 0.135. The molecule has 2 rings (SSSR count). The van der Waals surface area contributed by atoms with Crippen molar-refractivity contribution in [1.29, 1.82) is 0 Å². The van der Waals surface area contributed by atoms with Gasteiger partial charge in [-0.2, -0.15) is 0 Å². The second kappa shape index (κ2) is 6.10. The average Bonchev–Trinajstić information content (AvgIpc) is 2.96. The van der Waals surface area contributed by atoms with Crippen LogP contribution in [-0.4, -0.2) is 28.1 Å². The number of rotatable bonds is 4. The molecular weight excluding hydrogens is 296 g/mol. The van der Waals surface area contributed by atoms with Gasteiger partial charge in [0.05, 0.1) is 11.8 Å². The number of hydrogen-bond acceptors (Lipinski definition) is 4. The zero-order chi connectivity index (χ0) is 17.4. The van der Waals surface area contributed by atoms with E-state index in [0.717, 1.165) is 5.52 Å². The summed E-state index contributed by atoms with van der Waals surface area (Å²) in [6.07, 6.45) is 0.718. The molecule has 0 aromatic carbocycles. The second-order valence-electron chi connectivity index (χ2n) is 7.07. The van der Waals surface area contributed by atoms with Gasteiger partial charge in [0.25, 0.3) is 5.91 Å². The topological polar surface area (TPSA) is 73.5 Å². The van der Waals surface area contributed by atoms with Crippen LogP contribution < -0.4 is 5.32 Å². The molecule has 2 aromatic heterocycles. The van der Waals surface area contributed by atoms with Gasteiger partial charge >= 0.3 is 5.97 Å². The first kappa shape index (κ1) is 17.1. The van der Waals surface area contributed by atoms with E-state index in [2.05, 4.69) is 5.32 Å². The van der Waals surface area contributed by atoms with Gasteiger partial charge in [0.15, 0.2) is 11.7 Å². The third-order valence-electron chi connectivity index (χ3n) is 3.47. The number of amides is 1. The molecule has 1 amide bonds. The van der Waals surface area contributed by atoms with Gasteiger partial charge in [-0.25, -0.2) is 4.79 Å². The number of nitrogens with zero attached hydrogens (tertiary/aromatic N) is 1. The number of furan rings is 1. The number of hydrogen-bond donors (Lipinski definition) is 1. The highest BCUT2D eigenvalue weighted by molar-refractivity contribution is 5.95. The summed E-state index contributed by atoms with van der Waals surface area (Å²) in [4.78, 5) is 24.8. The van der Waals surface area contributed by atoms with Crippen LogP contribution in [-0.2, 0) is 16.6 Å². The van der Waals surface area contributed by atoms with Crippen molar-refractivity contribution >= 4 is 23.0 Å². The number of fused-ring (bicyclic) bond motifs is 1. The molecular formula is C17H24N2O4. The molecule has 0 aliphatic rings. The Balaban J connectivity index is 2.19. The molecule has 0 saturated carbocycles. The Hall–Kier alpha value is -2.24. The number of nitrogens with one attached hydrogen (secondary N) is 1. The fraction of sp³-hybridized carbons (Fsp3) is 0.529. The minimum Gasteiger partial charge on any atom is -0.463 e. The fourth-order valence-electron chi connectivity index (χ4n) is 2.35. The molecule has 0 radical (unpaired) electrons. The molecule has 126 valence electrons. The van der Waals surface area contributed by atoms with Gasteiger partial charge in [0.1, 0.15) is 5.69 Å². The molecule has 1 unspecified atom stereocenters. The first-order chi connectivity index (χ1) is 10.6. The molecule has 2 heterocycles. The molecule has 1 N–H and O–H groups in total. The average molecular weight is 320 g/mol. The van der Waals surface area contributed by atoms with Crippen LogP contribution in [0.3, 0.4) is 0 Å². The van der Waals surface area contributed by atoms with Crippen LogP contribution in [0.25, 0.3) is 11.1 Å². The lowest BCUT2D eigenvalue weighted by molar-refractivity contribution is -0.133. The van der Waals surface area contributed by atoms with E-state index in [0.29, 0.717) is 11.3 Å². The van der Waals surface area contributed by atoms with Crippen LogP contribution in [0.2, 0.25) is 0 Å². The molecule has 6 nitrogen and oxygen atoms in total. The third-order valence-corrected chi connectivity index (χ3v) is 3.47. The van der Waals surface area contributed by atoms with Crippen molar-refractivity contribution in [3.8, 4) is 0 Å². The van der Waals surface area contributed by atoms with Crippen LogP contribution in [0, 0.1) is 5.92 Å². The van der Waals surface area contributed by atoms with Crippen LogP contribution >= 0.6 is 0 Å². The number of ether oxygens (including phenoxy) is 1. The van der Waals surface area contributed by atoms with E-state index in [1.807, 2.05) is 34.6 Å². The van der Waals surface area contributed by atoms with Crippen LogP contribution in [0.5, 0.6) is 0 Å². The summed E-state index contributed by atoms with van der Waals surface area (Å²) in [6, 6.07) is 3.40. The summed E-state index contributed by atoms with van der Waals surface area (Å²) in [6.45, 7) is 9.34. The number of carbonyl (C=O) groups excluding carboxylic acids is 2. The van der Waals surface area contributed by atoms with E-state index >= 15 is 0 Å². The SMILES string of the molecule is CC(C)C(OC(=O)c1cc2occc2n1C)C(=O)NC(C)(C)C. The Morgan fingerprint density at radius 3 is 2.48 bits per heavy atom. The van der Waals surface area contributed by atoms with Crippen molar-refractivity contribution in [2.75, 3.05) is 0 Å². The van der Waals surface area contributed by atoms with Gasteiger partial charge in [0, 0.05) is 24.7 Å². The Morgan fingerprint density at radius 1 is 1.30 bits per heavy atom. The summed E-state index contributed by atoms with van der Waals surface area (Å²) in [5.74, 6) is -0.968. The maximum absolute atomic E-state index is 12.5. The number of carbonyl (C=O) groups is 2. The van der Waals surface area contributed by atoms with Crippen LogP contribution in [0.15, 0.2) is 22.8 Å². The molecule has 0 saturated heterocycles. The lowest BCUT2D eigenvalue weighted by atomic mass is 10.0. The number of aryl methyl sites for hydroxylation is 1. The van der Waals surface area contributed by atoms with E-state index in [4.69, 9.17) is 9.15 Å². The molecule has 1 atom stereocenters. The first-order valence-electron chi connectivity index (χ1n) is 7.66. The van der Waals surface area contributed by atoms with Gasteiger partial charge in [-0.05, 0) is 26.7 Å². The number of esters is 1. The molecule has 0 spiro atoms. The van der Waals surface area contributed by atoms with E-state index in [1.54, 1.807) is 30.0 Å². The quantitative estimate of drug-likeness (QED) is 0.879. The van der Waals surface area contributed by atoms with Gasteiger partial charge < -0.3 is 19.0 Å². The maximum Gasteiger partial charge on any atom is 0.355 e. The van der Waals surface area contributed by atoms with E-state index in [-0.39, 0.29) is 17.4 Å². The highest BCUT2D eigenvalue weighted by Crippen LogP contribution is 2.21. The molecule has 0 fully saturated rings. The molecule has 2 aromatic rings. The summed E-state index contributed by atoms with van der Waals surface area (Å²) >= 11 is 0. The lowest BCUT2D eigenvalue weighted by Crippen LogP contribution is -2.49. The van der Waals surface area contributed by atoms with Crippen molar-refractivity contribution in [3.05, 3.63) is 24.1 Å². The van der Waals surface area contributed by atoms with E-state index in [1.165, 1.54) is 0 Å². The third kappa shape index (κ3) is 3.75. The first-order valence-corrected chi connectivity index (χ1v) is 7.66. The highest BCUT2D eigenvalue weighted by Gasteiger charge is 2.30. The van der Waals surface area contributed by atoms with Crippen LogP contribution in [0.1, 0.15) is 45.1 Å². The molecule has 0 aliphatic carbocycles. The summed E-state index contributed by atoms with van der Waals surface area (Å²) in [5.41, 5.74) is 1.38. The molecule has 0 aliphatic heterocycles. The Labute approximate surface area is 135 Å². The fourth-order valence-corrected chi connectivity index (χ4v) is 2.35. The largest absolute Gasteiger partial charge is 0.463 e. The standard InChI is InChI=1S/C17H24N2O4/c1-10(2)14(15(20)18-17(3,4)5)23-16(21)12-9-13-11(19(12)6)7-8-22-13/h7-10,14H,1-6H3,(H,18,20). The number of aromatic nitrogens is 1. The maximum atomic E-state index is 12.5. The van der Waals surface area contributed by atoms with Gasteiger partial charge in [-0.3, -0.25) is 4.79 Å². The normalized spacial score (nSPS) is 13.3. The molecule has 6 heteroatoms. The highest BCUT2D eigenvalue weighted by atomic mass is 16.5. The van der Waals surface area contributed by atoms with Crippen molar-refractivity contribution in [2.24, 2.45) is 13.0 Å². The summed E-state index contributed by atoms with van der Waals surface area (Å²) < 4.78 is 12.5. The predicted octanol–water partition coefficient (Wildman–Crippen LogP) is 2.87. The van der Waals surface area contributed by atoms with Crippen LogP contribution in [0.4, 0.5) is 0 Å². The van der Waals surface area contributed by atoms with Gasteiger partial charge in [0.2, 0.25) is 0 Å². The van der Waals surface area contributed by atoms with E-state index in [9.17, 15) is 9.59 Å². The Morgan fingerprint density at radius 2 is 1.96 bits per heavy atom. The lowest BCUT2D eigenvalue weighted by Gasteiger charge is -2.26. The van der Waals surface area contributed by atoms with Crippen molar-refractivity contribution in [2.45, 2.75) is 46.3 Å².